The van der Waals surface area contributed by atoms with Crippen LogP contribution < -0.4 is 5.32 Å². The molecule has 2 nitrogen and oxygen atoms in total. The van der Waals surface area contributed by atoms with Crippen LogP contribution in [0.25, 0.3) is 0 Å². The maximum Gasteiger partial charge on any atom is 0.0876 e. The van der Waals surface area contributed by atoms with Crippen molar-refractivity contribution in [2.45, 2.75) is 32.8 Å². The summed E-state index contributed by atoms with van der Waals surface area (Å²) in [6, 6.07) is 6.54. The molecular weight excluding hydrogens is 290 g/mol. The Hall–Kier alpha value is -0.380. The van der Waals surface area contributed by atoms with E-state index in [0.717, 1.165) is 26.1 Å². The zero-order valence-electron chi connectivity index (χ0n) is 11.2. The first kappa shape index (κ1) is 14.0. The quantitative estimate of drug-likeness (QED) is 0.834. The molecule has 0 spiro atoms. The van der Waals surface area contributed by atoms with Crippen molar-refractivity contribution in [2.75, 3.05) is 19.7 Å². The Bertz CT molecular complexity index is 394. The Balaban J connectivity index is 2.06. The van der Waals surface area contributed by atoms with Crippen LogP contribution in [0.3, 0.4) is 0 Å². The highest BCUT2D eigenvalue weighted by molar-refractivity contribution is 9.10. The van der Waals surface area contributed by atoms with Gasteiger partial charge < -0.3 is 10.1 Å². The van der Waals surface area contributed by atoms with E-state index in [1.165, 1.54) is 22.0 Å². The lowest BCUT2D eigenvalue weighted by Crippen LogP contribution is -2.25. The average molecular weight is 312 g/mol. The van der Waals surface area contributed by atoms with Crippen LogP contribution in [0, 0.1) is 12.8 Å². The predicted molar refractivity (Wildman–Crippen MR) is 78.8 cm³/mol. The maximum atomic E-state index is 5.93. The fourth-order valence-corrected chi connectivity index (χ4v) is 3.23. The summed E-state index contributed by atoms with van der Waals surface area (Å²) in [5, 5.41) is 3.51. The van der Waals surface area contributed by atoms with Gasteiger partial charge in [0, 0.05) is 23.5 Å². The fourth-order valence-electron chi connectivity index (χ4n) is 2.51. The minimum absolute atomic E-state index is 0.240. The van der Waals surface area contributed by atoms with Gasteiger partial charge >= 0.3 is 0 Å². The molecule has 0 aromatic heterocycles. The van der Waals surface area contributed by atoms with E-state index in [0.29, 0.717) is 5.92 Å². The van der Waals surface area contributed by atoms with Crippen LogP contribution in [0.15, 0.2) is 22.7 Å². The summed E-state index contributed by atoms with van der Waals surface area (Å²) in [6.45, 7) is 7.34. The van der Waals surface area contributed by atoms with Crippen molar-refractivity contribution in [1.29, 1.82) is 0 Å². The number of rotatable bonds is 5. The largest absolute Gasteiger partial charge is 0.373 e. The molecule has 1 aromatic carbocycles. The van der Waals surface area contributed by atoms with E-state index in [1.54, 1.807) is 0 Å². The number of hydrogen-bond donors (Lipinski definition) is 1. The van der Waals surface area contributed by atoms with Gasteiger partial charge in [0.15, 0.2) is 0 Å². The first-order valence-electron chi connectivity index (χ1n) is 6.80. The monoisotopic (exact) mass is 311 g/mol. The van der Waals surface area contributed by atoms with Crippen molar-refractivity contribution in [3.05, 3.63) is 33.8 Å². The third-order valence-electron chi connectivity index (χ3n) is 3.51. The minimum Gasteiger partial charge on any atom is -0.373 e. The zero-order chi connectivity index (χ0) is 13.0. The van der Waals surface area contributed by atoms with Crippen molar-refractivity contribution in [3.63, 3.8) is 0 Å². The molecule has 0 saturated carbocycles. The van der Waals surface area contributed by atoms with E-state index in [1.807, 2.05) is 0 Å². The molecule has 18 heavy (non-hydrogen) atoms. The second-order valence-electron chi connectivity index (χ2n) is 5.07. The fraction of sp³-hybridized carbons (Fsp3) is 0.600. The lowest BCUT2D eigenvalue weighted by atomic mass is 9.94. The van der Waals surface area contributed by atoms with Crippen LogP contribution in [-0.4, -0.2) is 19.7 Å². The summed E-state index contributed by atoms with van der Waals surface area (Å²) < 4.78 is 7.11. The molecule has 1 aliphatic heterocycles. The molecule has 1 saturated heterocycles. The van der Waals surface area contributed by atoms with Crippen LogP contribution in [-0.2, 0) is 4.74 Å². The number of nitrogens with one attached hydrogen (secondary N) is 1. The number of hydrogen-bond acceptors (Lipinski definition) is 2. The van der Waals surface area contributed by atoms with E-state index < -0.39 is 0 Å². The van der Waals surface area contributed by atoms with Gasteiger partial charge in [0.2, 0.25) is 0 Å². The normalized spacial score (nSPS) is 23.5. The first-order valence-corrected chi connectivity index (χ1v) is 7.60. The van der Waals surface area contributed by atoms with Crippen molar-refractivity contribution >= 4 is 15.9 Å². The topological polar surface area (TPSA) is 21.3 Å². The Morgan fingerprint density at radius 3 is 3.00 bits per heavy atom. The first-order chi connectivity index (χ1) is 8.72. The second kappa shape index (κ2) is 6.69. The Morgan fingerprint density at radius 2 is 2.28 bits per heavy atom. The van der Waals surface area contributed by atoms with Crippen molar-refractivity contribution in [3.8, 4) is 0 Å². The van der Waals surface area contributed by atoms with Gasteiger partial charge in [-0.05, 0) is 43.5 Å². The summed E-state index contributed by atoms with van der Waals surface area (Å²) in [4.78, 5) is 0. The van der Waals surface area contributed by atoms with E-state index >= 15 is 0 Å². The SMILES string of the molecule is CCCNCC1CCOC1c1ccc(C)cc1Br. The summed E-state index contributed by atoms with van der Waals surface area (Å²) in [6.07, 6.45) is 2.58. The van der Waals surface area contributed by atoms with E-state index in [-0.39, 0.29) is 6.10 Å². The lowest BCUT2D eigenvalue weighted by Gasteiger charge is -2.20. The molecule has 0 amide bonds. The number of ether oxygens (including phenoxy) is 1. The highest BCUT2D eigenvalue weighted by atomic mass is 79.9. The molecule has 3 heteroatoms. The van der Waals surface area contributed by atoms with Crippen molar-refractivity contribution in [1.82, 2.24) is 5.32 Å². The number of benzene rings is 1. The highest BCUT2D eigenvalue weighted by Crippen LogP contribution is 2.37. The lowest BCUT2D eigenvalue weighted by molar-refractivity contribution is 0.0900. The molecule has 2 unspecified atom stereocenters. The van der Waals surface area contributed by atoms with Gasteiger partial charge in [0.05, 0.1) is 6.10 Å². The molecule has 0 aliphatic carbocycles. The molecule has 0 radical (unpaired) electrons. The minimum atomic E-state index is 0.240. The Labute approximate surface area is 118 Å². The highest BCUT2D eigenvalue weighted by Gasteiger charge is 2.30. The molecular formula is C15H22BrNO. The van der Waals surface area contributed by atoms with Gasteiger partial charge in [-0.3, -0.25) is 0 Å². The van der Waals surface area contributed by atoms with Crippen LogP contribution in [0.2, 0.25) is 0 Å². The van der Waals surface area contributed by atoms with Gasteiger partial charge in [-0.2, -0.15) is 0 Å². The van der Waals surface area contributed by atoms with Crippen molar-refractivity contribution in [2.24, 2.45) is 5.92 Å². The predicted octanol–water partition coefficient (Wildman–Crippen LogP) is 3.83. The maximum absolute atomic E-state index is 5.93. The molecule has 1 aliphatic rings. The third-order valence-corrected chi connectivity index (χ3v) is 4.20. The molecule has 1 heterocycles. The molecule has 1 N–H and O–H groups in total. The van der Waals surface area contributed by atoms with Gasteiger partial charge in [-0.15, -0.1) is 0 Å². The molecule has 1 fully saturated rings. The molecule has 2 rings (SSSR count). The van der Waals surface area contributed by atoms with Gasteiger partial charge in [0.25, 0.3) is 0 Å². The Kier molecular flexibility index (Phi) is 5.22. The summed E-state index contributed by atoms with van der Waals surface area (Å²) in [7, 11) is 0. The average Bonchev–Trinajstić information content (AvgIpc) is 2.78. The molecule has 2 atom stereocenters. The van der Waals surface area contributed by atoms with Gasteiger partial charge in [-0.1, -0.05) is 35.0 Å². The van der Waals surface area contributed by atoms with Crippen LogP contribution >= 0.6 is 15.9 Å². The smallest absolute Gasteiger partial charge is 0.0876 e. The van der Waals surface area contributed by atoms with E-state index in [9.17, 15) is 0 Å². The third kappa shape index (κ3) is 3.34. The van der Waals surface area contributed by atoms with Gasteiger partial charge in [0.1, 0.15) is 0 Å². The Morgan fingerprint density at radius 1 is 1.44 bits per heavy atom. The number of halogens is 1. The summed E-state index contributed by atoms with van der Waals surface area (Å²) in [5.74, 6) is 0.593. The summed E-state index contributed by atoms with van der Waals surface area (Å²) >= 11 is 3.67. The molecule has 0 bridgehead atoms. The van der Waals surface area contributed by atoms with Crippen LogP contribution in [0.4, 0.5) is 0 Å². The molecule has 1 aromatic rings. The number of aryl methyl sites for hydroxylation is 1. The van der Waals surface area contributed by atoms with E-state index in [4.69, 9.17) is 4.74 Å². The zero-order valence-corrected chi connectivity index (χ0v) is 12.8. The molecule has 100 valence electrons. The van der Waals surface area contributed by atoms with Crippen LogP contribution in [0.1, 0.15) is 37.0 Å². The van der Waals surface area contributed by atoms with Gasteiger partial charge in [-0.25, -0.2) is 0 Å². The second-order valence-corrected chi connectivity index (χ2v) is 5.92. The van der Waals surface area contributed by atoms with Crippen molar-refractivity contribution < 1.29 is 4.74 Å². The summed E-state index contributed by atoms with van der Waals surface area (Å²) in [5.41, 5.74) is 2.57. The standard InChI is InChI=1S/C15H22BrNO/c1-3-7-17-10-12-6-8-18-15(12)13-5-4-11(2)9-14(13)16/h4-5,9,12,15,17H,3,6-8,10H2,1-2H3. The van der Waals surface area contributed by atoms with Crippen LogP contribution in [0.5, 0.6) is 0 Å². The van der Waals surface area contributed by atoms with E-state index in [2.05, 4.69) is 53.3 Å².